The Hall–Kier alpha value is -2.80. The molecule has 0 saturated heterocycles. The number of aromatic nitrogens is 1. The van der Waals surface area contributed by atoms with Crippen molar-refractivity contribution in [3.05, 3.63) is 58.6 Å². The molecule has 162 valence electrons. The van der Waals surface area contributed by atoms with Crippen molar-refractivity contribution in [1.82, 2.24) is 9.71 Å². The van der Waals surface area contributed by atoms with Crippen LogP contribution in [0.25, 0.3) is 10.6 Å². The summed E-state index contributed by atoms with van der Waals surface area (Å²) in [6.07, 6.45) is 0.780. The minimum atomic E-state index is -4.50. The zero-order chi connectivity index (χ0) is 22.4. The molecule has 0 saturated carbocycles. The lowest BCUT2D eigenvalue weighted by Gasteiger charge is -2.09. The molecule has 1 aliphatic rings. The summed E-state index contributed by atoms with van der Waals surface area (Å²) in [5, 5.41) is 5.66. The highest BCUT2D eigenvalue weighted by Crippen LogP contribution is 2.33. The van der Waals surface area contributed by atoms with E-state index in [1.54, 1.807) is 6.92 Å². The predicted molar refractivity (Wildman–Crippen MR) is 114 cm³/mol. The van der Waals surface area contributed by atoms with E-state index < -0.39 is 35.7 Å². The zero-order valence-corrected chi connectivity index (χ0v) is 18.6. The van der Waals surface area contributed by atoms with Gasteiger partial charge in [-0.1, -0.05) is 12.1 Å². The number of aryl methyl sites for hydroxylation is 1. The number of nitrogens with two attached hydrogens (primary N) is 1. The molecule has 0 bridgehead atoms. The number of carbonyl (C=O) groups is 1. The highest BCUT2D eigenvalue weighted by atomic mass is 32.2. The third-order valence-electron chi connectivity index (χ3n) is 4.61. The molecule has 3 N–H and O–H groups in total. The van der Waals surface area contributed by atoms with Gasteiger partial charge in [0, 0.05) is 12.0 Å². The van der Waals surface area contributed by atoms with E-state index >= 15 is 0 Å². The molecule has 0 atom stereocenters. The topological polar surface area (TPSA) is 146 Å². The number of benzene rings is 2. The molecule has 1 aliphatic heterocycles. The quantitative estimate of drug-likeness (QED) is 0.567. The van der Waals surface area contributed by atoms with Crippen molar-refractivity contribution in [2.24, 2.45) is 5.14 Å². The number of ether oxygens (including phenoxy) is 1. The van der Waals surface area contributed by atoms with Gasteiger partial charge in [0.15, 0.2) is 0 Å². The second-order valence-electron chi connectivity index (χ2n) is 6.78. The van der Waals surface area contributed by atoms with Crippen LogP contribution in [0.15, 0.2) is 52.3 Å². The molecule has 0 fully saturated rings. The lowest BCUT2D eigenvalue weighted by atomic mass is 10.1. The lowest BCUT2D eigenvalue weighted by molar-refractivity contribution is 0.0984. The number of primary sulfonamides is 1. The van der Waals surface area contributed by atoms with Gasteiger partial charge in [0.25, 0.3) is 15.9 Å². The van der Waals surface area contributed by atoms with E-state index in [1.807, 2.05) is 22.9 Å². The highest BCUT2D eigenvalue weighted by Gasteiger charge is 2.28. The van der Waals surface area contributed by atoms with Gasteiger partial charge in [0.2, 0.25) is 10.0 Å². The average Bonchev–Trinajstić information content (AvgIpc) is 3.32. The van der Waals surface area contributed by atoms with Gasteiger partial charge >= 0.3 is 0 Å². The van der Waals surface area contributed by atoms with Crippen molar-refractivity contribution < 1.29 is 26.4 Å². The van der Waals surface area contributed by atoms with E-state index in [4.69, 9.17) is 9.88 Å². The van der Waals surface area contributed by atoms with E-state index in [-0.39, 0.29) is 4.88 Å². The summed E-state index contributed by atoms with van der Waals surface area (Å²) in [7, 11) is -8.81. The van der Waals surface area contributed by atoms with Crippen molar-refractivity contribution in [3.8, 4) is 16.3 Å². The third-order valence-corrected chi connectivity index (χ3v) is 8.30. The SMILES string of the molecule is Cc1nc(-c2ccc3c(c2)CCO3)sc1C(=O)NS(=O)(=O)c1ccccc1S(N)(=O)=O. The summed E-state index contributed by atoms with van der Waals surface area (Å²) in [5.74, 6) is -0.0930. The monoisotopic (exact) mass is 479 g/mol. The van der Waals surface area contributed by atoms with Gasteiger partial charge in [-0.25, -0.2) is 31.7 Å². The molecular formula is C19H17N3O6S3. The summed E-state index contributed by atoms with van der Waals surface area (Å²) >= 11 is 1.04. The Morgan fingerprint density at radius 1 is 1.13 bits per heavy atom. The maximum atomic E-state index is 12.7. The van der Waals surface area contributed by atoms with Crippen LogP contribution in [-0.2, 0) is 26.5 Å². The fourth-order valence-electron chi connectivity index (χ4n) is 3.18. The minimum absolute atomic E-state index is 0.100. The van der Waals surface area contributed by atoms with Gasteiger partial charge < -0.3 is 4.74 Å². The molecular weight excluding hydrogens is 462 g/mol. The molecule has 3 aromatic rings. The molecule has 0 spiro atoms. The highest BCUT2D eigenvalue weighted by molar-refractivity contribution is 7.92. The number of nitrogens with zero attached hydrogens (tertiary/aromatic N) is 1. The molecule has 0 radical (unpaired) electrons. The van der Waals surface area contributed by atoms with Crippen molar-refractivity contribution in [3.63, 3.8) is 0 Å². The van der Waals surface area contributed by atoms with E-state index in [9.17, 15) is 21.6 Å². The maximum Gasteiger partial charge on any atom is 0.277 e. The van der Waals surface area contributed by atoms with Crippen LogP contribution in [-0.4, -0.2) is 34.3 Å². The first-order valence-electron chi connectivity index (χ1n) is 8.99. The summed E-state index contributed by atoms with van der Waals surface area (Å²) in [6.45, 7) is 2.21. The normalized spacial score (nSPS) is 13.5. The smallest absolute Gasteiger partial charge is 0.277 e. The number of sulfonamides is 2. The number of rotatable bonds is 5. The summed E-state index contributed by atoms with van der Waals surface area (Å²) < 4.78 is 56.3. The minimum Gasteiger partial charge on any atom is -0.493 e. The Labute approximate surface area is 183 Å². The fraction of sp³-hybridized carbons (Fsp3) is 0.158. The molecule has 31 heavy (non-hydrogen) atoms. The fourth-order valence-corrected chi connectivity index (χ4v) is 6.54. The average molecular weight is 480 g/mol. The molecule has 12 heteroatoms. The molecule has 1 aromatic heterocycles. The summed E-state index contributed by atoms with van der Waals surface area (Å²) in [5.41, 5.74) is 2.18. The van der Waals surface area contributed by atoms with Gasteiger partial charge in [-0.15, -0.1) is 11.3 Å². The van der Waals surface area contributed by atoms with Crippen LogP contribution in [0.3, 0.4) is 0 Å². The Bertz CT molecular complexity index is 1410. The number of carbonyl (C=O) groups excluding carboxylic acids is 1. The predicted octanol–water partition coefficient (Wildman–Crippen LogP) is 1.82. The van der Waals surface area contributed by atoms with Crippen LogP contribution in [0.4, 0.5) is 0 Å². The molecule has 1 amide bonds. The van der Waals surface area contributed by atoms with Crippen molar-refractivity contribution in [1.29, 1.82) is 0 Å². The number of hydrogen-bond acceptors (Lipinski definition) is 8. The van der Waals surface area contributed by atoms with Gasteiger partial charge in [-0.3, -0.25) is 4.79 Å². The van der Waals surface area contributed by atoms with Crippen LogP contribution in [0.1, 0.15) is 20.9 Å². The Morgan fingerprint density at radius 3 is 2.55 bits per heavy atom. The summed E-state index contributed by atoms with van der Waals surface area (Å²) in [4.78, 5) is 16.0. The van der Waals surface area contributed by atoms with Crippen LogP contribution in [0.2, 0.25) is 0 Å². The molecule has 9 nitrogen and oxygen atoms in total. The van der Waals surface area contributed by atoms with E-state index in [1.165, 1.54) is 12.1 Å². The van der Waals surface area contributed by atoms with Crippen molar-refractivity contribution >= 4 is 37.3 Å². The Morgan fingerprint density at radius 2 is 1.84 bits per heavy atom. The maximum absolute atomic E-state index is 12.7. The largest absolute Gasteiger partial charge is 0.493 e. The zero-order valence-electron chi connectivity index (χ0n) is 16.2. The number of amides is 1. The van der Waals surface area contributed by atoms with Crippen LogP contribution >= 0.6 is 11.3 Å². The van der Waals surface area contributed by atoms with Gasteiger partial charge in [0.05, 0.1) is 12.3 Å². The second-order valence-corrected chi connectivity index (χ2v) is 11.0. The van der Waals surface area contributed by atoms with E-state index in [0.717, 1.165) is 46.8 Å². The third kappa shape index (κ3) is 4.19. The first-order valence-corrected chi connectivity index (χ1v) is 12.8. The van der Waals surface area contributed by atoms with Gasteiger partial charge in [-0.05, 0) is 42.8 Å². The summed E-state index contributed by atoms with van der Waals surface area (Å²) in [6, 6.07) is 10.4. The van der Waals surface area contributed by atoms with Crippen molar-refractivity contribution in [2.75, 3.05) is 6.61 Å². The van der Waals surface area contributed by atoms with Crippen LogP contribution in [0.5, 0.6) is 5.75 Å². The molecule has 2 heterocycles. The van der Waals surface area contributed by atoms with E-state index in [0.29, 0.717) is 17.3 Å². The molecule has 0 aliphatic carbocycles. The standard InChI is InChI=1S/C19H17N3O6S3/c1-11-17(29-19(21-11)13-6-7-14-12(10-13)8-9-28-14)18(23)22-31(26,27)16-5-3-2-4-15(16)30(20,24)25/h2-7,10H,8-9H2,1H3,(H,22,23)(H2,20,24,25). The molecule has 2 aromatic carbocycles. The Balaban J connectivity index is 1.64. The first kappa shape index (κ1) is 21.4. The Kier molecular flexibility index (Phi) is 5.33. The van der Waals surface area contributed by atoms with E-state index in [2.05, 4.69) is 4.98 Å². The molecule has 4 rings (SSSR count). The second kappa shape index (κ2) is 7.71. The van der Waals surface area contributed by atoms with Crippen molar-refractivity contribution in [2.45, 2.75) is 23.1 Å². The van der Waals surface area contributed by atoms with Gasteiger partial charge in [0.1, 0.15) is 25.4 Å². The number of hydrogen-bond donors (Lipinski definition) is 2. The van der Waals surface area contributed by atoms with Gasteiger partial charge in [-0.2, -0.15) is 0 Å². The first-order chi connectivity index (χ1) is 14.6. The van der Waals surface area contributed by atoms with Crippen LogP contribution in [0, 0.1) is 6.92 Å². The number of nitrogens with one attached hydrogen (secondary N) is 1. The molecule has 0 unspecified atom stereocenters. The van der Waals surface area contributed by atoms with Crippen LogP contribution < -0.4 is 14.6 Å². The number of fused-ring (bicyclic) bond motifs is 1. The number of thiazole rings is 1. The lowest BCUT2D eigenvalue weighted by Crippen LogP contribution is -2.32.